The van der Waals surface area contributed by atoms with E-state index in [1.165, 1.54) is 75.5 Å². The number of nitrogens with zero attached hydrogens (tertiary/aromatic N) is 3. The number of nitrogens with one attached hydrogen (secondary N) is 2. The molecule has 7 nitrogen and oxygen atoms in total. The number of anilines is 2. The van der Waals surface area contributed by atoms with Gasteiger partial charge in [0, 0.05) is 5.92 Å². The van der Waals surface area contributed by atoms with Gasteiger partial charge in [-0.25, -0.2) is 15.4 Å². The van der Waals surface area contributed by atoms with Crippen molar-refractivity contribution in [1.29, 1.82) is 0 Å². The van der Waals surface area contributed by atoms with E-state index < -0.39 is 0 Å². The lowest BCUT2D eigenvalue weighted by molar-refractivity contribution is 0.0964. The Bertz CT molecular complexity index is 927. The molecule has 4 N–H and O–H groups in total. The summed E-state index contributed by atoms with van der Waals surface area (Å²) in [5.74, 6) is 5.62. The minimum Gasteiger partial charge on any atom is -0.412 e. The third-order valence-corrected chi connectivity index (χ3v) is 9.03. The van der Waals surface area contributed by atoms with Crippen LogP contribution in [0.5, 0.6) is 0 Å². The Morgan fingerprint density at radius 3 is 2.39 bits per heavy atom. The standard InChI is InChI=1S/C26H40N6O/c1-15(2)16-6-4-8-17(9-5-7-16)19-22(31-33-23(19)18-10-11-18)21-20-24(27)28-14-29-25(20)32(30-21)26(3)12-13-26/h14-18,21-22,30-31H,4-13H2,1-3H3,(H2,27,28,29). The molecule has 3 heterocycles. The second-order valence-electron chi connectivity index (χ2n) is 11.8. The molecular formula is C26H40N6O. The van der Waals surface area contributed by atoms with E-state index in [1.807, 2.05) is 0 Å². The third-order valence-electron chi connectivity index (χ3n) is 9.03. The summed E-state index contributed by atoms with van der Waals surface area (Å²) in [5.41, 5.74) is 16.4. The maximum Gasteiger partial charge on any atom is 0.153 e. The van der Waals surface area contributed by atoms with Crippen LogP contribution in [0.4, 0.5) is 11.6 Å². The molecule has 0 bridgehead atoms. The van der Waals surface area contributed by atoms with Crippen molar-refractivity contribution in [3.05, 3.63) is 23.2 Å². The van der Waals surface area contributed by atoms with Crippen molar-refractivity contribution in [2.24, 2.45) is 23.7 Å². The fraction of sp³-hybridized carbons (Fsp3) is 0.769. The molecule has 1 aromatic rings. The van der Waals surface area contributed by atoms with E-state index in [2.05, 4.69) is 46.7 Å². The molecule has 6 rings (SSSR count). The average molecular weight is 453 g/mol. The van der Waals surface area contributed by atoms with E-state index in [9.17, 15) is 0 Å². The van der Waals surface area contributed by atoms with Gasteiger partial charge in [0.2, 0.25) is 0 Å². The summed E-state index contributed by atoms with van der Waals surface area (Å²) in [7, 11) is 0. The predicted molar refractivity (Wildman–Crippen MR) is 130 cm³/mol. The van der Waals surface area contributed by atoms with Gasteiger partial charge in [0.05, 0.1) is 23.2 Å². The minimum atomic E-state index is -0.00118. The van der Waals surface area contributed by atoms with Gasteiger partial charge in [-0.2, -0.15) is 0 Å². The van der Waals surface area contributed by atoms with E-state index >= 15 is 0 Å². The SMILES string of the molecule is CC(C)C1CCCC(C2=C(C3CC3)ONC2C2NN(C3(C)CC3)c3ncnc(N)c32)CCC1. The van der Waals surface area contributed by atoms with Crippen LogP contribution >= 0.6 is 0 Å². The highest BCUT2D eigenvalue weighted by Gasteiger charge is 2.53. The molecule has 3 aliphatic carbocycles. The number of nitrogens with two attached hydrogens (primary N) is 1. The van der Waals surface area contributed by atoms with Crippen LogP contribution in [0.2, 0.25) is 0 Å². The fourth-order valence-corrected chi connectivity index (χ4v) is 6.49. The van der Waals surface area contributed by atoms with E-state index in [4.69, 9.17) is 10.6 Å². The Hall–Kier alpha value is -1.86. The van der Waals surface area contributed by atoms with E-state index in [0.717, 1.165) is 23.2 Å². The van der Waals surface area contributed by atoms with Crippen molar-refractivity contribution in [3.63, 3.8) is 0 Å². The van der Waals surface area contributed by atoms with Crippen molar-refractivity contribution in [2.45, 2.75) is 103 Å². The highest BCUT2D eigenvalue weighted by molar-refractivity contribution is 5.64. The number of nitrogen functional groups attached to an aromatic ring is 1. The average Bonchev–Trinajstić information content (AvgIpc) is 3.66. The van der Waals surface area contributed by atoms with Gasteiger partial charge in [-0.3, -0.25) is 5.01 Å². The summed E-state index contributed by atoms with van der Waals surface area (Å²) < 4.78 is 0. The Morgan fingerprint density at radius 1 is 1.03 bits per heavy atom. The van der Waals surface area contributed by atoms with E-state index in [-0.39, 0.29) is 17.6 Å². The van der Waals surface area contributed by atoms with Crippen LogP contribution < -0.4 is 21.6 Å². The highest BCUT2D eigenvalue weighted by Crippen LogP contribution is 2.52. The van der Waals surface area contributed by atoms with Gasteiger partial charge >= 0.3 is 0 Å². The summed E-state index contributed by atoms with van der Waals surface area (Å²) in [4.78, 5) is 15.3. The largest absolute Gasteiger partial charge is 0.412 e. The van der Waals surface area contributed by atoms with Gasteiger partial charge in [-0.1, -0.05) is 39.5 Å². The molecule has 0 aromatic carbocycles. The molecule has 2 unspecified atom stereocenters. The lowest BCUT2D eigenvalue weighted by atomic mass is 9.76. The highest BCUT2D eigenvalue weighted by atomic mass is 16.7. The van der Waals surface area contributed by atoms with Crippen LogP contribution in [0.15, 0.2) is 17.7 Å². The van der Waals surface area contributed by atoms with Crippen molar-refractivity contribution in [3.8, 4) is 0 Å². The minimum absolute atomic E-state index is 0.00118. The number of allylic oxidation sites excluding steroid dienone is 1. The number of fused-ring (bicyclic) bond motifs is 1. The lowest BCUT2D eigenvalue weighted by Gasteiger charge is -2.32. The Kier molecular flexibility index (Phi) is 5.33. The molecule has 0 amide bonds. The van der Waals surface area contributed by atoms with Gasteiger partial charge in [0.25, 0.3) is 0 Å². The summed E-state index contributed by atoms with van der Waals surface area (Å²) in [5, 5.41) is 2.27. The second kappa shape index (κ2) is 8.12. The summed E-state index contributed by atoms with van der Waals surface area (Å²) in [6.07, 6.45) is 14.3. The van der Waals surface area contributed by atoms with Crippen LogP contribution in [0.25, 0.3) is 0 Å². The first kappa shape index (κ1) is 21.7. The normalized spacial score (nSPS) is 33.6. The molecule has 33 heavy (non-hydrogen) atoms. The van der Waals surface area contributed by atoms with Crippen LogP contribution in [-0.4, -0.2) is 21.5 Å². The zero-order chi connectivity index (χ0) is 22.7. The smallest absolute Gasteiger partial charge is 0.153 e. The maximum atomic E-state index is 6.47. The van der Waals surface area contributed by atoms with Gasteiger partial charge in [0.1, 0.15) is 17.9 Å². The zero-order valence-corrected chi connectivity index (χ0v) is 20.4. The Balaban J connectivity index is 1.31. The molecule has 1 aromatic heterocycles. The molecule has 2 aliphatic heterocycles. The van der Waals surface area contributed by atoms with Crippen LogP contribution in [-0.2, 0) is 4.84 Å². The summed E-state index contributed by atoms with van der Waals surface area (Å²) >= 11 is 0. The molecule has 180 valence electrons. The van der Waals surface area contributed by atoms with Crippen molar-refractivity contribution >= 4 is 11.6 Å². The van der Waals surface area contributed by atoms with Crippen LogP contribution in [0, 0.1) is 23.7 Å². The molecule has 3 fully saturated rings. The number of rotatable bonds is 5. The number of hydrazine groups is 1. The molecule has 0 radical (unpaired) electrons. The monoisotopic (exact) mass is 452 g/mol. The van der Waals surface area contributed by atoms with Crippen LogP contribution in [0.3, 0.4) is 0 Å². The molecule has 3 saturated carbocycles. The first-order valence-electron chi connectivity index (χ1n) is 13.3. The Morgan fingerprint density at radius 2 is 1.76 bits per heavy atom. The van der Waals surface area contributed by atoms with E-state index in [0.29, 0.717) is 17.7 Å². The molecule has 5 aliphatic rings. The summed E-state index contributed by atoms with van der Waals surface area (Å²) in [6.45, 7) is 7.09. The number of hydrogen-bond acceptors (Lipinski definition) is 7. The molecule has 0 spiro atoms. The zero-order valence-electron chi connectivity index (χ0n) is 20.4. The molecule has 7 heteroatoms. The van der Waals surface area contributed by atoms with Gasteiger partial charge in [-0.05, 0) is 68.8 Å². The summed E-state index contributed by atoms with van der Waals surface area (Å²) in [6, 6.07) is 0.0732. The first-order chi connectivity index (χ1) is 16.0. The molecule has 2 atom stereocenters. The van der Waals surface area contributed by atoms with E-state index in [1.54, 1.807) is 6.33 Å². The number of aromatic nitrogens is 2. The van der Waals surface area contributed by atoms with Crippen molar-refractivity contribution in [2.75, 3.05) is 10.7 Å². The third kappa shape index (κ3) is 3.81. The Labute approximate surface area is 197 Å². The quantitative estimate of drug-likeness (QED) is 0.592. The maximum absolute atomic E-state index is 6.47. The fourth-order valence-electron chi connectivity index (χ4n) is 6.49. The van der Waals surface area contributed by atoms with Gasteiger partial charge in [0.15, 0.2) is 5.82 Å². The number of hydrogen-bond donors (Lipinski definition) is 3. The predicted octanol–water partition coefficient (Wildman–Crippen LogP) is 4.79. The first-order valence-corrected chi connectivity index (χ1v) is 13.3. The number of hydroxylamine groups is 1. The molecule has 0 saturated heterocycles. The van der Waals surface area contributed by atoms with Crippen molar-refractivity contribution in [1.82, 2.24) is 20.9 Å². The van der Waals surface area contributed by atoms with Crippen LogP contribution in [0.1, 0.15) is 96.6 Å². The van der Waals surface area contributed by atoms with Gasteiger partial charge < -0.3 is 10.6 Å². The topological polar surface area (TPSA) is 88.3 Å². The van der Waals surface area contributed by atoms with Gasteiger partial charge in [-0.15, -0.1) is 5.48 Å². The second-order valence-corrected chi connectivity index (χ2v) is 11.8. The van der Waals surface area contributed by atoms with Crippen molar-refractivity contribution < 1.29 is 4.84 Å². The molecular weight excluding hydrogens is 412 g/mol. The lowest BCUT2D eigenvalue weighted by Crippen LogP contribution is -2.48.